The molecule has 3 rings (SSSR count). The Kier molecular flexibility index (Phi) is 4.24. The number of nitrogens with zero attached hydrogens (tertiary/aromatic N) is 2. The average Bonchev–Trinajstić information content (AvgIpc) is 2.96. The molecule has 110 valence electrons. The van der Waals surface area contributed by atoms with Crippen molar-refractivity contribution in [2.75, 3.05) is 11.9 Å². The lowest BCUT2D eigenvalue weighted by Crippen LogP contribution is -2.44. The summed E-state index contributed by atoms with van der Waals surface area (Å²) in [6, 6.07) is 5.39. The van der Waals surface area contributed by atoms with Crippen molar-refractivity contribution in [3.05, 3.63) is 45.2 Å². The van der Waals surface area contributed by atoms with Crippen molar-refractivity contribution in [1.29, 1.82) is 0 Å². The molecule has 2 aromatic rings. The maximum atomic E-state index is 12.3. The molecular formula is C15H16ClN3OS. The number of hydrogen-bond donors (Lipinski definition) is 1. The second-order valence-electron chi connectivity index (χ2n) is 5.12. The van der Waals surface area contributed by atoms with Gasteiger partial charge < -0.3 is 5.32 Å². The van der Waals surface area contributed by atoms with Crippen molar-refractivity contribution >= 4 is 34.7 Å². The number of nitrogens with one attached hydrogen (secondary N) is 1. The van der Waals surface area contributed by atoms with Gasteiger partial charge in [0.15, 0.2) is 0 Å². The number of halogens is 1. The fourth-order valence-electron chi connectivity index (χ4n) is 2.45. The van der Waals surface area contributed by atoms with Crippen LogP contribution in [0.5, 0.6) is 0 Å². The molecule has 2 aromatic heterocycles. The first-order valence-corrected chi connectivity index (χ1v) is 8.11. The second kappa shape index (κ2) is 6.13. The Balaban J connectivity index is 1.64. The van der Waals surface area contributed by atoms with Crippen LogP contribution < -0.4 is 5.32 Å². The van der Waals surface area contributed by atoms with Crippen molar-refractivity contribution in [3.63, 3.8) is 0 Å². The highest BCUT2D eigenvalue weighted by molar-refractivity contribution is 7.10. The molecule has 1 amide bonds. The number of anilines is 1. The predicted molar refractivity (Wildman–Crippen MR) is 85.8 cm³/mol. The lowest BCUT2D eigenvalue weighted by atomic mass is 10.1. The topological polar surface area (TPSA) is 45.2 Å². The van der Waals surface area contributed by atoms with Crippen LogP contribution in [0.25, 0.3) is 0 Å². The molecule has 1 aliphatic rings. The first-order valence-electron chi connectivity index (χ1n) is 6.85. The van der Waals surface area contributed by atoms with Gasteiger partial charge in [-0.1, -0.05) is 11.6 Å². The zero-order valence-electron chi connectivity index (χ0n) is 11.7. The molecule has 3 heterocycles. The second-order valence-corrected chi connectivity index (χ2v) is 6.55. The number of aromatic nitrogens is 1. The quantitative estimate of drug-likeness (QED) is 0.944. The third kappa shape index (κ3) is 3.26. The molecule has 0 saturated heterocycles. The molecule has 0 radical (unpaired) electrons. The van der Waals surface area contributed by atoms with E-state index in [4.69, 9.17) is 11.6 Å². The SMILES string of the molecule is CC(C(=O)Nc1ccc(Cl)cn1)N1CCc2sccc2C1. The number of amides is 1. The minimum atomic E-state index is -0.185. The predicted octanol–water partition coefficient (Wildman–Crippen LogP) is 3.18. The van der Waals surface area contributed by atoms with E-state index >= 15 is 0 Å². The van der Waals surface area contributed by atoms with Gasteiger partial charge in [0.2, 0.25) is 5.91 Å². The van der Waals surface area contributed by atoms with Gasteiger partial charge in [0.1, 0.15) is 5.82 Å². The third-order valence-corrected chi connectivity index (χ3v) is 4.99. The molecule has 0 bridgehead atoms. The molecular weight excluding hydrogens is 306 g/mol. The monoisotopic (exact) mass is 321 g/mol. The van der Waals surface area contributed by atoms with Gasteiger partial charge in [0, 0.05) is 24.2 Å². The Hall–Kier alpha value is -1.43. The van der Waals surface area contributed by atoms with Crippen LogP contribution in [0.4, 0.5) is 5.82 Å². The number of carbonyl (C=O) groups is 1. The number of thiophene rings is 1. The van der Waals surface area contributed by atoms with Crippen LogP contribution in [0.3, 0.4) is 0 Å². The van der Waals surface area contributed by atoms with Crippen LogP contribution in [0.1, 0.15) is 17.4 Å². The van der Waals surface area contributed by atoms with Crippen LogP contribution in [0.15, 0.2) is 29.8 Å². The minimum absolute atomic E-state index is 0.0384. The van der Waals surface area contributed by atoms with Crippen LogP contribution >= 0.6 is 22.9 Å². The van der Waals surface area contributed by atoms with E-state index in [1.165, 1.54) is 16.6 Å². The molecule has 0 spiro atoms. The molecule has 0 fully saturated rings. The standard InChI is InChI=1S/C15H16ClN3OS/c1-10(15(20)18-14-3-2-12(16)8-17-14)19-6-4-13-11(9-19)5-7-21-13/h2-3,5,7-8,10H,4,6,9H2,1H3,(H,17,18,20). The first kappa shape index (κ1) is 14.5. The Labute approximate surface area is 132 Å². The zero-order valence-corrected chi connectivity index (χ0v) is 13.2. The molecule has 21 heavy (non-hydrogen) atoms. The fourth-order valence-corrected chi connectivity index (χ4v) is 3.45. The fraction of sp³-hybridized carbons (Fsp3) is 0.333. The molecule has 0 saturated carbocycles. The highest BCUT2D eigenvalue weighted by Crippen LogP contribution is 2.25. The molecule has 0 aliphatic carbocycles. The largest absolute Gasteiger partial charge is 0.309 e. The summed E-state index contributed by atoms with van der Waals surface area (Å²) < 4.78 is 0. The number of rotatable bonds is 3. The van der Waals surface area contributed by atoms with Crippen LogP contribution in [0, 0.1) is 0 Å². The van der Waals surface area contributed by atoms with E-state index in [1.54, 1.807) is 23.5 Å². The summed E-state index contributed by atoms with van der Waals surface area (Å²) in [5.74, 6) is 0.494. The molecule has 1 aliphatic heterocycles. The normalized spacial score (nSPS) is 16.3. The summed E-state index contributed by atoms with van der Waals surface area (Å²) in [6.07, 6.45) is 2.55. The maximum Gasteiger partial charge on any atom is 0.242 e. The van der Waals surface area contributed by atoms with Gasteiger partial charge in [-0.25, -0.2) is 4.98 Å². The smallest absolute Gasteiger partial charge is 0.242 e. The molecule has 4 nitrogen and oxygen atoms in total. The number of fused-ring (bicyclic) bond motifs is 1. The highest BCUT2D eigenvalue weighted by Gasteiger charge is 2.26. The first-order chi connectivity index (χ1) is 10.1. The molecule has 1 atom stereocenters. The summed E-state index contributed by atoms with van der Waals surface area (Å²) in [4.78, 5) is 20.1. The Morgan fingerprint density at radius 1 is 1.48 bits per heavy atom. The molecule has 1 N–H and O–H groups in total. The van der Waals surface area contributed by atoms with Gasteiger partial charge in [0.25, 0.3) is 0 Å². The summed E-state index contributed by atoms with van der Waals surface area (Å²) in [5, 5.41) is 5.52. The lowest BCUT2D eigenvalue weighted by Gasteiger charge is -2.31. The van der Waals surface area contributed by atoms with E-state index in [0.29, 0.717) is 10.8 Å². The Morgan fingerprint density at radius 2 is 2.33 bits per heavy atom. The molecule has 0 aromatic carbocycles. The third-order valence-electron chi connectivity index (χ3n) is 3.74. The van der Waals surface area contributed by atoms with E-state index in [0.717, 1.165) is 19.5 Å². The van der Waals surface area contributed by atoms with Gasteiger partial charge in [-0.15, -0.1) is 11.3 Å². The van der Waals surface area contributed by atoms with Crippen molar-refractivity contribution in [1.82, 2.24) is 9.88 Å². The van der Waals surface area contributed by atoms with E-state index < -0.39 is 0 Å². The number of pyridine rings is 1. The average molecular weight is 322 g/mol. The van der Waals surface area contributed by atoms with Crippen LogP contribution in [-0.2, 0) is 17.8 Å². The van der Waals surface area contributed by atoms with Gasteiger partial charge in [0.05, 0.1) is 11.1 Å². The van der Waals surface area contributed by atoms with Crippen molar-refractivity contribution in [2.45, 2.75) is 25.9 Å². The van der Waals surface area contributed by atoms with Crippen molar-refractivity contribution in [2.24, 2.45) is 0 Å². The number of hydrogen-bond acceptors (Lipinski definition) is 4. The Bertz CT molecular complexity index is 641. The van der Waals surface area contributed by atoms with E-state index in [1.807, 2.05) is 6.92 Å². The highest BCUT2D eigenvalue weighted by atomic mass is 35.5. The van der Waals surface area contributed by atoms with Crippen LogP contribution in [0.2, 0.25) is 5.02 Å². The molecule has 6 heteroatoms. The van der Waals surface area contributed by atoms with Crippen molar-refractivity contribution < 1.29 is 4.79 Å². The van der Waals surface area contributed by atoms with Gasteiger partial charge in [-0.3, -0.25) is 9.69 Å². The summed E-state index contributed by atoms with van der Waals surface area (Å²) in [7, 11) is 0. The van der Waals surface area contributed by atoms with E-state index in [-0.39, 0.29) is 11.9 Å². The van der Waals surface area contributed by atoms with Gasteiger partial charge in [-0.05, 0) is 42.5 Å². The van der Waals surface area contributed by atoms with Gasteiger partial charge in [-0.2, -0.15) is 0 Å². The summed E-state index contributed by atoms with van der Waals surface area (Å²) in [5.41, 5.74) is 1.34. The summed E-state index contributed by atoms with van der Waals surface area (Å²) >= 11 is 7.59. The number of carbonyl (C=O) groups excluding carboxylic acids is 1. The minimum Gasteiger partial charge on any atom is -0.309 e. The maximum absolute atomic E-state index is 12.3. The zero-order chi connectivity index (χ0) is 14.8. The van der Waals surface area contributed by atoms with E-state index in [9.17, 15) is 4.79 Å². The lowest BCUT2D eigenvalue weighted by molar-refractivity contribution is -0.121. The summed E-state index contributed by atoms with van der Waals surface area (Å²) in [6.45, 7) is 3.68. The van der Waals surface area contributed by atoms with Crippen molar-refractivity contribution in [3.8, 4) is 0 Å². The van der Waals surface area contributed by atoms with Crippen LogP contribution in [-0.4, -0.2) is 28.4 Å². The Morgan fingerprint density at radius 3 is 3.10 bits per heavy atom. The van der Waals surface area contributed by atoms with Gasteiger partial charge >= 0.3 is 0 Å². The molecule has 1 unspecified atom stereocenters. The van der Waals surface area contributed by atoms with E-state index in [2.05, 4.69) is 26.6 Å².